The fraction of sp³-hybridized carbons (Fsp3) is 0.588. The number of fused-ring (bicyclic) bond motifs is 3. The molecule has 1 heterocycles. The summed E-state index contributed by atoms with van der Waals surface area (Å²) in [6, 6.07) is 8.06. The van der Waals surface area contributed by atoms with E-state index in [1.54, 1.807) is 0 Å². The van der Waals surface area contributed by atoms with Crippen LogP contribution in [-0.4, -0.2) is 18.7 Å². The number of para-hydroxylation sites is 1. The molecule has 108 valence electrons. The molecule has 0 spiro atoms. The number of hydrogen-bond donors (Lipinski definition) is 0. The van der Waals surface area contributed by atoms with E-state index in [1.807, 2.05) is 25.1 Å². The number of ether oxygens (including phenoxy) is 2. The molecule has 3 rings (SSSR count). The molecule has 20 heavy (non-hydrogen) atoms. The van der Waals surface area contributed by atoms with Crippen LogP contribution in [0.15, 0.2) is 24.3 Å². The molecule has 0 radical (unpaired) electrons. The molecule has 0 unspecified atom stereocenters. The van der Waals surface area contributed by atoms with Gasteiger partial charge in [0.15, 0.2) is 0 Å². The Bertz CT molecular complexity index is 523. The molecule has 0 N–H and O–H groups in total. The topological polar surface area (TPSA) is 35.5 Å². The van der Waals surface area contributed by atoms with Gasteiger partial charge >= 0.3 is 5.97 Å². The van der Waals surface area contributed by atoms with Crippen molar-refractivity contribution in [3.8, 4) is 5.75 Å². The molecule has 1 saturated carbocycles. The van der Waals surface area contributed by atoms with Crippen LogP contribution in [0.4, 0.5) is 0 Å². The van der Waals surface area contributed by atoms with Gasteiger partial charge in [-0.1, -0.05) is 32.0 Å². The molecule has 3 atom stereocenters. The molecule has 0 amide bonds. The molecular formula is C17H22O3. The van der Waals surface area contributed by atoms with Gasteiger partial charge in [0.1, 0.15) is 17.3 Å². The van der Waals surface area contributed by atoms with Crippen molar-refractivity contribution in [2.75, 3.05) is 6.61 Å². The Morgan fingerprint density at radius 2 is 2.15 bits per heavy atom. The molecule has 0 bridgehead atoms. The Kier molecular flexibility index (Phi) is 3.23. The molecule has 1 aliphatic heterocycles. The molecule has 1 fully saturated rings. The molecule has 1 aromatic rings. The third-order valence-corrected chi connectivity index (χ3v) is 4.56. The van der Waals surface area contributed by atoms with Crippen LogP contribution in [0.25, 0.3) is 0 Å². The van der Waals surface area contributed by atoms with Crippen LogP contribution in [-0.2, 0) is 9.53 Å². The van der Waals surface area contributed by atoms with Gasteiger partial charge in [-0.25, -0.2) is 0 Å². The molecule has 3 nitrogen and oxygen atoms in total. The van der Waals surface area contributed by atoms with Crippen molar-refractivity contribution in [3.63, 3.8) is 0 Å². The number of carbonyl (C=O) groups excluding carboxylic acids is 1. The summed E-state index contributed by atoms with van der Waals surface area (Å²) in [5, 5.41) is 0. The fourth-order valence-corrected chi connectivity index (χ4v) is 3.44. The van der Waals surface area contributed by atoms with Gasteiger partial charge in [0.2, 0.25) is 0 Å². The minimum Gasteiger partial charge on any atom is -0.488 e. The molecule has 1 aromatic carbocycles. The largest absolute Gasteiger partial charge is 0.488 e. The van der Waals surface area contributed by atoms with E-state index in [-0.39, 0.29) is 18.0 Å². The molecular weight excluding hydrogens is 252 g/mol. The lowest BCUT2D eigenvalue weighted by Gasteiger charge is -2.20. The van der Waals surface area contributed by atoms with E-state index in [4.69, 9.17) is 9.47 Å². The Balaban J connectivity index is 1.86. The maximum Gasteiger partial charge on any atom is 0.316 e. The van der Waals surface area contributed by atoms with E-state index in [1.165, 1.54) is 5.56 Å². The molecule has 3 heteroatoms. The van der Waals surface area contributed by atoms with Gasteiger partial charge in [-0.15, -0.1) is 0 Å². The predicted molar refractivity (Wildman–Crippen MR) is 76.7 cm³/mol. The fourth-order valence-electron chi connectivity index (χ4n) is 3.44. The molecule has 0 aromatic heterocycles. The van der Waals surface area contributed by atoms with Gasteiger partial charge in [0.25, 0.3) is 0 Å². The van der Waals surface area contributed by atoms with E-state index < -0.39 is 5.41 Å². The highest BCUT2D eigenvalue weighted by Gasteiger charge is 2.75. The summed E-state index contributed by atoms with van der Waals surface area (Å²) in [6.07, 6.45) is 1.86. The van der Waals surface area contributed by atoms with Gasteiger partial charge in [0, 0.05) is 11.5 Å². The first-order valence-corrected chi connectivity index (χ1v) is 7.54. The van der Waals surface area contributed by atoms with Gasteiger partial charge in [-0.2, -0.15) is 0 Å². The zero-order chi connectivity index (χ0) is 14.3. The minimum absolute atomic E-state index is 0.0160. The van der Waals surface area contributed by atoms with Crippen molar-refractivity contribution in [1.82, 2.24) is 0 Å². The van der Waals surface area contributed by atoms with E-state index >= 15 is 0 Å². The van der Waals surface area contributed by atoms with Crippen molar-refractivity contribution in [2.45, 2.75) is 45.6 Å². The minimum atomic E-state index is -0.436. The summed E-state index contributed by atoms with van der Waals surface area (Å²) < 4.78 is 11.3. The average Bonchev–Trinajstić information content (AvgIpc) is 2.88. The summed E-state index contributed by atoms with van der Waals surface area (Å²) in [7, 11) is 0. The van der Waals surface area contributed by atoms with Crippen LogP contribution >= 0.6 is 0 Å². The number of benzene rings is 1. The third-order valence-electron chi connectivity index (χ3n) is 4.56. The first-order chi connectivity index (χ1) is 9.61. The zero-order valence-electron chi connectivity index (χ0n) is 12.4. The highest BCUT2D eigenvalue weighted by Crippen LogP contribution is 2.69. The maximum atomic E-state index is 12.5. The number of carbonyl (C=O) groups is 1. The average molecular weight is 274 g/mol. The SMILES string of the molecule is CCOC(=O)[C@@]1(CCC(C)C)[C@@H]2c3ccccc3O[C@@H]21. The van der Waals surface area contributed by atoms with Crippen LogP contribution in [0.2, 0.25) is 0 Å². The highest BCUT2D eigenvalue weighted by molar-refractivity contribution is 5.85. The second-order valence-corrected chi connectivity index (χ2v) is 6.25. The quantitative estimate of drug-likeness (QED) is 0.770. The van der Waals surface area contributed by atoms with Crippen LogP contribution in [0, 0.1) is 11.3 Å². The van der Waals surface area contributed by atoms with Crippen LogP contribution in [0.3, 0.4) is 0 Å². The van der Waals surface area contributed by atoms with Crippen molar-refractivity contribution >= 4 is 5.97 Å². The zero-order valence-corrected chi connectivity index (χ0v) is 12.4. The normalized spacial score (nSPS) is 29.6. The van der Waals surface area contributed by atoms with Crippen molar-refractivity contribution < 1.29 is 14.3 Å². The smallest absolute Gasteiger partial charge is 0.316 e. The standard InChI is InChI=1S/C17H22O3/c1-4-19-16(18)17(10-9-11(2)3)14-12-7-5-6-8-13(12)20-15(14)17/h5-8,11,14-15H,4,9-10H2,1-3H3/t14-,15+,17+/m1/s1. The van der Waals surface area contributed by atoms with E-state index in [0.717, 1.165) is 18.6 Å². The summed E-state index contributed by atoms with van der Waals surface area (Å²) in [5.74, 6) is 1.63. The summed E-state index contributed by atoms with van der Waals surface area (Å²) in [5.41, 5.74) is 0.739. The second kappa shape index (κ2) is 4.80. The van der Waals surface area contributed by atoms with E-state index in [9.17, 15) is 4.79 Å². The van der Waals surface area contributed by atoms with Crippen molar-refractivity contribution in [3.05, 3.63) is 29.8 Å². The first kappa shape index (κ1) is 13.5. The maximum absolute atomic E-state index is 12.5. The Labute approximate surface area is 120 Å². The summed E-state index contributed by atoms with van der Waals surface area (Å²) in [4.78, 5) is 12.5. The summed E-state index contributed by atoms with van der Waals surface area (Å²) >= 11 is 0. The van der Waals surface area contributed by atoms with Gasteiger partial charge in [-0.3, -0.25) is 4.79 Å². The van der Waals surface area contributed by atoms with Crippen LogP contribution < -0.4 is 4.74 Å². The molecule has 2 aliphatic rings. The van der Waals surface area contributed by atoms with Crippen molar-refractivity contribution in [1.29, 1.82) is 0 Å². The number of hydrogen-bond acceptors (Lipinski definition) is 3. The van der Waals surface area contributed by atoms with Gasteiger partial charge in [0.05, 0.1) is 6.61 Å². The predicted octanol–water partition coefficient (Wildman–Crippen LogP) is 3.53. The lowest BCUT2D eigenvalue weighted by atomic mass is 9.90. The second-order valence-electron chi connectivity index (χ2n) is 6.25. The van der Waals surface area contributed by atoms with E-state index in [0.29, 0.717) is 12.5 Å². The highest BCUT2D eigenvalue weighted by atomic mass is 16.5. The lowest BCUT2D eigenvalue weighted by Crippen LogP contribution is -2.27. The van der Waals surface area contributed by atoms with Crippen molar-refractivity contribution in [2.24, 2.45) is 11.3 Å². The van der Waals surface area contributed by atoms with Gasteiger partial charge in [-0.05, 0) is 31.7 Å². The van der Waals surface area contributed by atoms with E-state index in [2.05, 4.69) is 19.9 Å². The van der Waals surface area contributed by atoms with Crippen LogP contribution in [0.1, 0.15) is 45.1 Å². The Hall–Kier alpha value is -1.51. The first-order valence-electron chi connectivity index (χ1n) is 7.54. The lowest BCUT2D eigenvalue weighted by molar-refractivity contribution is -0.151. The Morgan fingerprint density at radius 3 is 2.85 bits per heavy atom. The number of esters is 1. The molecule has 1 aliphatic carbocycles. The van der Waals surface area contributed by atoms with Gasteiger partial charge < -0.3 is 9.47 Å². The Morgan fingerprint density at radius 1 is 1.40 bits per heavy atom. The number of rotatable bonds is 5. The molecule has 0 saturated heterocycles. The summed E-state index contributed by atoms with van der Waals surface area (Å²) in [6.45, 7) is 6.67. The van der Waals surface area contributed by atoms with Crippen LogP contribution in [0.5, 0.6) is 5.75 Å². The monoisotopic (exact) mass is 274 g/mol. The third kappa shape index (κ3) is 1.83.